The molecule has 0 amide bonds. The largest absolute Gasteiger partial charge is 0.486 e. The number of piperidine rings is 1. The first-order chi connectivity index (χ1) is 17.1. The number of benzene rings is 1. The fourth-order valence-corrected chi connectivity index (χ4v) is 5.65. The predicted molar refractivity (Wildman–Crippen MR) is 143 cm³/mol. The Kier molecular flexibility index (Phi) is 8.60. The monoisotopic (exact) mass is 552 g/mol. The van der Waals surface area contributed by atoms with Gasteiger partial charge in [0, 0.05) is 55.8 Å². The van der Waals surface area contributed by atoms with Crippen LogP contribution in [0.1, 0.15) is 30.0 Å². The first-order valence-electron chi connectivity index (χ1n) is 12.3. The number of nitrogens with zero attached hydrogens (tertiary/aromatic N) is 3. The van der Waals surface area contributed by atoms with E-state index in [1.807, 2.05) is 6.07 Å². The molecule has 2 N–H and O–H groups in total. The molecule has 11 heteroatoms. The Bertz CT molecular complexity index is 1320. The number of pyridine rings is 2. The molecule has 3 aromatic rings. The number of aryl methyl sites for hydroxylation is 1. The van der Waals surface area contributed by atoms with E-state index >= 15 is 0 Å². The van der Waals surface area contributed by atoms with Crippen molar-refractivity contribution in [2.75, 3.05) is 32.8 Å². The summed E-state index contributed by atoms with van der Waals surface area (Å²) in [5, 5.41) is 15.2. The van der Waals surface area contributed by atoms with Crippen molar-refractivity contribution in [1.29, 1.82) is 0 Å². The third-order valence-electron chi connectivity index (χ3n) is 7.42. The molecule has 0 radical (unpaired) electrons. The highest BCUT2D eigenvalue weighted by molar-refractivity contribution is 5.85. The maximum atomic E-state index is 15.0. The average molecular weight is 553 g/mol. The second-order valence-electron chi connectivity index (χ2n) is 9.63. The van der Waals surface area contributed by atoms with Gasteiger partial charge < -0.3 is 29.4 Å². The van der Waals surface area contributed by atoms with E-state index < -0.39 is 6.10 Å². The van der Waals surface area contributed by atoms with Crippen LogP contribution in [-0.4, -0.2) is 64.6 Å². The molecule has 1 saturated heterocycles. The molecule has 3 aliphatic heterocycles. The number of hydrogen-bond donors (Lipinski definition) is 2. The predicted octanol–water partition coefficient (Wildman–Crippen LogP) is 2.86. The summed E-state index contributed by atoms with van der Waals surface area (Å²) in [7, 11) is 0. The van der Waals surface area contributed by atoms with Gasteiger partial charge in [-0.3, -0.25) is 9.78 Å². The number of rotatable bonds is 5. The summed E-state index contributed by atoms with van der Waals surface area (Å²) in [6.45, 7) is 4.15. The van der Waals surface area contributed by atoms with Crippen molar-refractivity contribution in [1.82, 2.24) is 19.8 Å². The lowest BCUT2D eigenvalue weighted by atomic mass is 9.88. The molecule has 0 aliphatic carbocycles. The normalized spacial score (nSPS) is 22.7. The number of halogens is 3. The minimum Gasteiger partial charge on any atom is -0.486 e. The van der Waals surface area contributed by atoms with Crippen LogP contribution in [0.2, 0.25) is 0 Å². The van der Waals surface area contributed by atoms with Crippen molar-refractivity contribution >= 4 is 35.7 Å². The molecule has 0 bridgehead atoms. The van der Waals surface area contributed by atoms with Crippen molar-refractivity contribution in [2.24, 2.45) is 0 Å². The van der Waals surface area contributed by atoms with Gasteiger partial charge in [-0.15, -0.1) is 24.8 Å². The quantitative estimate of drug-likeness (QED) is 0.503. The second kappa shape index (κ2) is 11.5. The molecule has 2 aromatic heterocycles. The molecule has 8 nitrogen and oxygen atoms in total. The van der Waals surface area contributed by atoms with Crippen LogP contribution in [-0.2, 0) is 13.1 Å². The number of aliphatic hydroxyl groups excluding tert-OH is 1. The van der Waals surface area contributed by atoms with Crippen LogP contribution in [0.4, 0.5) is 4.39 Å². The summed E-state index contributed by atoms with van der Waals surface area (Å²) in [6, 6.07) is 8.40. The van der Waals surface area contributed by atoms with Crippen LogP contribution in [0.5, 0.6) is 11.5 Å². The van der Waals surface area contributed by atoms with Gasteiger partial charge in [0.05, 0.1) is 23.5 Å². The van der Waals surface area contributed by atoms with Gasteiger partial charge in [-0.25, -0.2) is 4.39 Å². The van der Waals surface area contributed by atoms with Crippen molar-refractivity contribution in [3.8, 4) is 11.5 Å². The minimum atomic E-state index is -0.542. The van der Waals surface area contributed by atoms with Crippen molar-refractivity contribution < 1.29 is 19.0 Å². The minimum absolute atomic E-state index is 0. The third-order valence-corrected chi connectivity index (χ3v) is 7.42. The fourth-order valence-electron chi connectivity index (χ4n) is 5.65. The maximum absolute atomic E-state index is 15.0. The van der Waals surface area contributed by atoms with Crippen molar-refractivity contribution in [2.45, 2.75) is 44.0 Å². The Morgan fingerprint density at radius 3 is 2.68 bits per heavy atom. The summed E-state index contributed by atoms with van der Waals surface area (Å²) in [5.74, 6) is 1.09. The smallest absolute Gasteiger partial charge is 0.251 e. The highest BCUT2D eigenvalue weighted by Crippen LogP contribution is 2.35. The van der Waals surface area contributed by atoms with Gasteiger partial charge in [0.15, 0.2) is 11.5 Å². The SMILES string of the molecule is Cl.Cl.O=c1ccc2ccc(F)c3c2n1CCC3CN1CC[C@H](NCc2cc3c(cn2)OCCO3)[C@H](O)C1. The van der Waals surface area contributed by atoms with Gasteiger partial charge in [0.2, 0.25) is 0 Å². The summed E-state index contributed by atoms with van der Waals surface area (Å²) < 4.78 is 27.8. The second-order valence-corrected chi connectivity index (χ2v) is 9.63. The lowest BCUT2D eigenvalue weighted by molar-refractivity contribution is 0.0363. The molecule has 1 unspecified atom stereocenters. The Morgan fingerprint density at radius 1 is 1.08 bits per heavy atom. The van der Waals surface area contributed by atoms with Gasteiger partial charge in [-0.1, -0.05) is 0 Å². The fraction of sp³-hybridized carbons (Fsp3) is 0.462. The number of aliphatic hydroxyl groups is 1. The maximum Gasteiger partial charge on any atom is 0.251 e. The Balaban J connectivity index is 0.00000160. The number of ether oxygens (including phenoxy) is 2. The number of aromatic nitrogens is 2. The van der Waals surface area contributed by atoms with Gasteiger partial charge in [-0.2, -0.15) is 0 Å². The molecular formula is C26H31Cl2FN4O4. The van der Waals surface area contributed by atoms with Crippen LogP contribution in [0.25, 0.3) is 10.9 Å². The Hall–Kier alpha value is -2.43. The summed E-state index contributed by atoms with van der Waals surface area (Å²) in [5.41, 5.74) is 2.10. The van der Waals surface area contributed by atoms with E-state index in [4.69, 9.17) is 9.47 Å². The molecule has 3 aliphatic rings. The Morgan fingerprint density at radius 2 is 1.86 bits per heavy atom. The van der Waals surface area contributed by atoms with E-state index in [0.717, 1.165) is 29.6 Å². The first-order valence-corrected chi connectivity index (χ1v) is 12.3. The standard InChI is InChI=1S/C26H29FN4O4.2ClH/c27-19-3-1-16-2-4-24(33)31-8-5-17(25(19)26(16)31)14-30-7-6-20(21(32)15-30)29-12-18-11-22-23(13-28-18)35-10-9-34-22;;/h1-4,11,13,17,20-21,29,32H,5-10,12,14-15H2;2*1H/t17?,20-,21+;;/m0../s1. The zero-order valence-corrected chi connectivity index (χ0v) is 21.9. The van der Waals surface area contributed by atoms with E-state index in [-0.39, 0.29) is 48.2 Å². The molecule has 3 atom stereocenters. The summed E-state index contributed by atoms with van der Waals surface area (Å²) >= 11 is 0. The highest BCUT2D eigenvalue weighted by atomic mass is 35.5. The zero-order valence-electron chi connectivity index (χ0n) is 20.3. The molecule has 0 saturated carbocycles. The lowest BCUT2D eigenvalue weighted by Gasteiger charge is -2.39. The molecule has 6 rings (SSSR count). The molecular weight excluding hydrogens is 522 g/mol. The number of β-amino-alcohol motifs (C(OH)–C–C–N with tert-alkyl or cyclic N) is 1. The Labute approximate surface area is 226 Å². The number of hydrogen-bond acceptors (Lipinski definition) is 7. The average Bonchev–Trinajstić information content (AvgIpc) is 2.87. The first kappa shape index (κ1) is 27.6. The van der Waals surface area contributed by atoms with E-state index in [0.29, 0.717) is 62.9 Å². The van der Waals surface area contributed by atoms with Crippen LogP contribution in [0.15, 0.2) is 41.3 Å². The van der Waals surface area contributed by atoms with E-state index in [9.17, 15) is 14.3 Å². The molecule has 5 heterocycles. The van der Waals surface area contributed by atoms with Crippen LogP contribution in [0, 0.1) is 5.82 Å². The third kappa shape index (κ3) is 5.42. The lowest BCUT2D eigenvalue weighted by Crippen LogP contribution is -2.53. The van der Waals surface area contributed by atoms with E-state index in [1.54, 1.807) is 29.0 Å². The van der Waals surface area contributed by atoms with E-state index in [1.165, 1.54) is 6.07 Å². The van der Waals surface area contributed by atoms with Gasteiger partial charge in [-0.05, 0) is 43.0 Å². The molecule has 0 spiro atoms. The zero-order chi connectivity index (χ0) is 23.9. The van der Waals surface area contributed by atoms with Crippen molar-refractivity contribution in [3.05, 3.63) is 64.0 Å². The van der Waals surface area contributed by atoms with Crippen LogP contribution < -0.4 is 20.3 Å². The van der Waals surface area contributed by atoms with Gasteiger partial charge >= 0.3 is 0 Å². The molecule has 1 fully saturated rings. The van der Waals surface area contributed by atoms with Gasteiger partial charge in [0.25, 0.3) is 5.56 Å². The number of nitrogens with one attached hydrogen (secondary N) is 1. The number of fused-ring (bicyclic) bond motifs is 1. The van der Waals surface area contributed by atoms with Gasteiger partial charge in [0.1, 0.15) is 19.0 Å². The topological polar surface area (TPSA) is 88.9 Å². The van der Waals surface area contributed by atoms with Crippen LogP contribution >= 0.6 is 24.8 Å². The summed E-state index contributed by atoms with van der Waals surface area (Å²) in [6.07, 6.45) is 2.62. The van der Waals surface area contributed by atoms with Crippen LogP contribution in [0.3, 0.4) is 0 Å². The summed E-state index contributed by atoms with van der Waals surface area (Å²) in [4.78, 5) is 19.0. The molecule has 1 aromatic carbocycles. The number of likely N-dealkylation sites (tertiary alicyclic amines) is 1. The van der Waals surface area contributed by atoms with E-state index in [2.05, 4.69) is 15.2 Å². The highest BCUT2D eigenvalue weighted by Gasteiger charge is 2.32. The molecule has 37 heavy (non-hydrogen) atoms. The van der Waals surface area contributed by atoms with Crippen molar-refractivity contribution in [3.63, 3.8) is 0 Å². The molecule has 200 valence electrons.